The Kier molecular flexibility index (Phi) is 4.93. The first-order valence-corrected chi connectivity index (χ1v) is 7.12. The van der Waals surface area contributed by atoms with Crippen LogP contribution in [0.15, 0.2) is 46.9 Å². The van der Waals surface area contributed by atoms with Crippen LogP contribution in [0.25, 0.3) is 0 Å². The van der Waals surface area contributed by atoms with E-state index in [9.17, 15) is 4.79 Å². The van der Waals surface area contributed by atoms with E-state index in [1.54, 1.807) is 0 Å². The summed E-state index contributed by atoms with van der Waals surface area (Å²) in [6.07, 6.45) is 0. The van der Waals surface area contributed by atoms with Crippen molar-refractivity contribution in [3.63, 3.8) is 0 Å². The first-order chi connectivity index (χ1) is 9.60. The van der Waals surface area contributed by atoms with Crippen LogP contribution in [0.3, 0.4) is 0 Å². The van der Waals surface area contributed by atoms with Gasteiger partial charge in [0, 0.05) is 11.0 Å². The molecule has 4 heteroatoms. The van der Waals surface area contributed by atoms with E-state index in [2.05, 4.69) is 21.2 Å². The van der Waals surface area contributed by atoms with Gasteiger partial charge in [0.15, 0.2) is 0 Å². The van der Waals surface area contributed by atoms with E-state index < -0.39 is 0 Å². The number of hydrogen-bond donors (Lipinski definition) is 2. The molecule has 1 amide bonds. The molecule has 2 aromatic carbocycles. The Labute approximate surface area is 126 Å². The molecule has 0 saturated carbocycles. The Hall–Kier alpha value is -1.65. The molecule has 0 aliphatic heterocycles. The molecule has 20 heavy (non-hydrogen) atoms. The third kappa shape index (κ3) is 3.68. The van der Waals surface area contributed by atoms with Gasteiger partial charge in [0.2, 0.25) is 0 Å². The van der Waals surface area contributed by atoms with Gasteiger partial charge in [-0.25, -0.2) is 0 Å². The van der Waals surface area contributed by atoms with Gasteiger partial charge < -0.3 is 10.4 Å². The van der Waals surface area contributed by atoms with Crippen LogP contribution in [0.2, 0.25) is 0 Å². The lowest BCUT2D eigenvalue weighted by Gasteiger charge is -2.08. The highest BCUT2D eigenvalue weighted by atomic mass is 79.9. The van der Waals surface area contributed by atoms with E-state index in [1.165, 1.54) is 0 Å². The van der Waals surface area contributed by atoms with Crippen LogP contribution in [0.4, 0.5) is 0 Å². The molecule has 0 aliphatic carbocycles. The summed E-state index contributed by atoms with van der Waals surface area (Å²) >= 11 is 3.40. The molecule has 3 nitrogen and oxygen atoms in total. The second-order valence-electron chi connectivity index (χ2n) is 4.64. The number of carbonyl (C=O) groups is 1. The van der Waals surface area contributed by atoms with Crippen LogP contribution in [0.1, 0.15) is 27.0 Å². The average molecular weight is 334 g/mol. The van der Waals surface area contributed by atoms with Crippen molar-refractivity contribution in [1.82, 2.24) is 5.32 Å². The Morgan fingerprint density at radius 2 is 1.80 bits per heavy atom. The van der Waals surface area contributed by atoms with Gasteiger partial charge >= 0.3 is 0 Å². The molecule has 0 atom stereocenters. The zero-order valence-corrected chi connectivity index (χ0v) is 12.8. The van der Waals surface area contributed by atoms with E-state index >= 15 is 0 Å². The molecule has 2 aromatic rings. The van der Waals surface area contributed by atoms with Crippen molar-refractivity contribution in [2.24, 2.45) is 0 Å². The molecule has 104 valence electrons. The highest BCUT2D eigenvalue weighted by Crippen LogP contribution is 2.18. The standard InChI is InChI=1S/C16H16BrNO2/c1-11-2-7-14(15(17)8-11)16(20)18-9-12-3-5-13(10-19)6-4-12/h2-8,19H,9-10H2,1H3,(H,18,20). The van der Waals surface area contributed by atoms with Gasteiger partial charge in [0.1, 0.15) is 0 Å². The molecule has 0 spiro atoms. The van der Waals surface area contributed by atoms with Crippen LogP contribution in [0.5, 0.6) is 0 Å². The third-order valence-corrected chi connectivity index (χ3v) is 3.68. The van der Waals surface area contributed by atoms with Gasteiger partial charge in [0.25, 0.3) is 5.91 Å². The number of aryl methyl sites for hydroxylation is 1. The van der Waals surface area contributed by atoms with Crippen LogP contribution >= 0.6 is 15.9 Å². The highest BCUT2D eigenvalue weighted by Gasteiger charge is 2.09. The number of rotatable bonds is 4. The molecular formula is C16H16BrNO2. The van der Waals surface area contributed by atoms with Crippen molar-refractivity contribution in [3.8, 4) is 0 Å². The molecule has 0 unspecified atom stereocenters. The van der Waals surface area contributed by atoms with E-state index in [-0.39, 0.29) is 12.5 Å². The Bertz CT molecular complexity index is 608. The topological polar surface area (TPSA) is 49.3 Å². The normalized spacial score (nSPS) is 10.3. The summed E-state index contributed by atoms with van der Waals surface area (Å²) in [6.45, 7) is 2.48. The highest BCUT2D eigenvalue weighted by molar-refractivity contribution is 9.10. The summed E-state index contributed by atoms with van der Waals surface area (Å²) in [4.78, 5) is 12.1. The molecule has 0 aliphatic rings. The predicted molar refractivity (Wildman–Crippen MR) is 82.4 cm³/mol. The quantitative estimate of drug-likeness (QED) is 0.902. The zero-order valence-electron chi connectivity index (χ0n) is 11.2. The van der Waals surface area contributed by atoms with E-state index in [4.69, 9.17) is 5.11 Å². The number of amides is 1. The Morgan fingerprint density at radius 3 is 2.40 bits per heavy atom. The fourth-order valence-corrected chi connectivity index (χ4v) is 2.52. The van der Waals surface area contributed by atoms with E-state index in [1.807, 2.05) is 49.4 Å². The molecule has 0 saturated heterocycles. The smallest absolute Gasteiger partial charge is 0.252 e. The van der Waals surface area contributed by atoms with Crippen molar-refractivity contribution in [2.45, 2.75) is 20.1 Å². The second kappa shape index (κ2) is 6.68. The van der Waals surface area contributed by atoms with Crippen molar-refractivity contribution >= 4 is 21.8 Å². The maximum Gasteiger partial charge on any atom is 0.252 e. The Balaban J connectivity index is 2.00. The number of benzene rings is 2. The first-order valence-electron chi connectivity index (χ1n) is 6.33. The van der Waals surface area contributed by atoms with Crippen molar-refractivity contribution < 1.29 is 9.90 Å². The summed E-state index contributed by atoms with van der Waals surface area (Å²) in [5.74, 6) is -0.108. The number of aliphatic hydroxyl groups is 1. The number of aliphatic hydroxyl groups excluding tert-OH is 1. The summed E-state index contributed by atoms with van der Waals surface area (Å²) in [7, 11) is 0. The molecular weight excluding hydrogens is 318 g/mol. The molecule has 0 radical (unpaired) electrons. The molecule has 0 bridgehead atoms. The van der Waals surface area contributed by atoms with Crippen LogP contribution in [-0.2, 0) is 13.2 Å². The van der Waals surface area contributed by atoms with Crippen LogP contribution in [-0.4, -0.2) is 11.0 Å². The third-order valence-electron chi connectivity index (χ3n) is 3.03. The molecule has 0 aromatic heterocycles. The number of halogens is 1. The molecule has 2 N–H and O–H groups in total. The monoisotopic (exact) mass is 333 g/mol. The lowest BCUT2D eigenvalue weighted by molar-refractivity contribution is 0.0950. The number of carbonyl (C=O) groups excluding carboxylic acids is 1. The summed E-state index contributed by atoms with van der Waals surface area (Å²) in [5.41, 5.74) is 3.59. The van der Waals surface area contributed by atoms with Crippen molar-refractivity contribution in [1.29, 1.82) is 0 Å². The van der Waals surface area contributed by atoms with E-state index in [0.29, 0.717) is 12.1 Å². The molecule has 0 heterocycles. The fraction of sp³-hybridized carbons (Fsp3) is 0.188. The lowest BCUT2D eigenvalue weighted by Crippen LogP contribution is -2.23. The van der Waals surface area contributed by atoms with Crippen molar-refractivity contribution in [3.05, 3.63) is 69.2 Å². The van der Waals surface area contributed by atoms with Gasteiger partial charge in [-0.2, -0.15) is 0 Å². The maximum absolute atomic E-state index is 12.1. The van der Waals surface area contributed by atoms with Crippen molar-refractivity contribution in [2.75, 3.05) is 0 Å². The SMILES string of the molecule is Cc1ccc(C(=O)NCc2ccc(CO)cc2)c(Br)c1. The van der Waals surface area contributed by atoms with Gasteiger partial charge in [-0.3, -0.25) is 4.79 Å². The van der Waals surface area contributed by atoms with Gasteiger partial charge in [-0.15, -0.1) is 0 Å². The summed E-state index contributed by atoms with van der Waals surface area (Å²) in [6, 6.07) is 13.1. The zero-order chi connectivity index (χ0) is 14.5. The minimum absolute atomic E-state index is 0.0307. The summed E-state index contributed by atoms with van der Waals surface area (Å²) < 4.78 is 0.797. The van der Waals surface area contributed by atoms with Crippen LogP contribution in [0, 0.1) is 6.92 Å². The first kappa shape index (κ1) is 14.8. The van der Waals surface area contributed by atoms with Crippen LogP contribution < -0.4 is 5.32 Å². The number of hydrogen-bond acceptors (Lipinski definition) is 2. The minimum atomic E-state index is -0.108. The number of nitrogens with one attached hydrogen (secondary N) is 1. The van der Waals surface area contributed by atoms with Gasteiger partial charge in [0.05, 0.1) is 12.2 Å². The van der Waals surface area contributed by atoms with Gasteiger partial charge in [-0.1, -0.05) is 30.3 Å². The fourth-order valence-electron chi connectivity index (χ4n) is 1.84. The molecule has 0 fully saturated rings. The maximum atomic E-state index is 12.1. The van der Waals surface area contributed by atoms with Gasteiger partial charge in [-0.05, 0) is 51.7 Å². The Morgan fingerprint density at radius 1 is 1.15 bits per heavy atom. The predicted octanol–water partition coefficient (Wildman–Crippen LogP) is 3.18. The lowest BCUT2D eigenvalue weighted by atomic mass is 10.1. The van der Waals surface area contributed by atoms with E-state index in [0.717, 1.165) is 21.2 Å². The second-order valence-corrected chi connectivity index (χ2v) is 5.49. The largest absolute Gasteiger partial charge is 0.392 e. The molecule has 2 rings (SSSR count). The minimum Gasteiger partial charge on any atom is -0.392 e. The average Bonchev–Trinajstić information content (AvgIpc) is 2.45. The summed E-state index contributed by atoms with van der Waals surface area (Å²) in [5, 5.41) is 11.9.